The summed E-state index contributed by atoms with van der Waals surface area (Å²) in [6, 6.07) is 0. The summed E-state index contributed by atoms with van der Waals surface area (Å²) in [4.78, 5) is 11.0. The van der Waals surface area contributed by atoms with Crippen LogP contribution in [0.3, 0.4) is 0 Å². The zero-order valence-electron chi connectivity index (χ0n) is 10.9. The highest BCUT2D eigenvalue weighted by Gasteiger charge is 2.16. The number of unbranched alkanes of at least 4 members (excludes halogenated alkanes) is 2. The van der Waals surface area contributed by atoms with Crippen molar-refractivity contribution in [2.45, 2.75) is 52.9 Å². The van der Waals surface area contributed by atoms with Gasteiger partial charge in [0.1, 0.15) is 0 Å². The highest BCUT2D eigenvalue weighted by Crippen LogP contribution is 2.14. The summed E-state index contributed by atoms with van der Waals surface area (Å²) in [6.45, 7) is 7.61. The van der Waals surface area contributed by atoms with Crippen molar-refractivity contribution < 1.29 is 14.6 Å². The van der Waals surface area contributed by atoms with Crippen LogP contribution in [0.2, 0.25) is 0 Å². The molecule has 0 spiro atoms. The molecule has 0 aliphatic rings. The summed E-state index contributed by atoms with van der Waals surface area (Å²) in [7, 11) is 0. The lowest BCUT2D eigenvalue weighted by molar-refractivity contribution is -0.142. The minimum atomic E-state index is -0.677. The molecular weight excluding hydrogens is 204 g/mol. The third kappa shape index (κ3) is 8.72. The third-order valence-electron chi connectivity index (χ3n) is 2.57. The van der Waals surface area contributed by atoms with Gasteiger partial charge in [-0.2, -0.15) is 0 Å². The Kier molecular flexibility index (Phi) is 9.30. The summed E-state index contributed by atoms with van der Waals surface area (Å²) in [5.74, 6) is -0.383. The van der Waals surface area contributed by atoms with Crippen molar-refractivity contribution in [3.63, 3.8) is 0 Å². The highest BCUT2D eigenvalue weighted by molar-refractivity contribution is 5.69. The number of carbonyl (C=O) groups is 1. The summed E-state index contributed by atoms with van der Waals surface area (Å²) in [6.07, 6.45) is 4.70. The van der Waals surface area contributed by atoms with Gasteiger partial charge >= 0.3 is 5.97 Å². The molecule has 0 saturated carbocycles. The van der Waals surface area contributed by atoms with E-state index in [1.165, 1.54) is 0 Å². The van der Waals surface area contributed by atoms with Crippen molar-refractivity contribution >= 4 is 5.97 Å². The van der Waals surface area contributed by atoms with E-state index in [0.717, 1.165) is 32.3 Å². The number of rotatable bonds is 10. The van der Waals surface area contributed by atoms with E-state index >= 15 is 0 Å². The molecule has 3 heteroatoms. The smallest absolute Gasteiger partial charge is 0.306 e. The molecule has 1 atom stereocenters. The van der Waals surface area contributed by atoms with Crippen LogP contribution in [0.25, 0.3) is 0 Å². The van der Waals surface area contributed by atoms with E-state index in [2.05, 4.69) is 20.8 Å². The van der Waals surface area contributed by atoms with E-state index in [1.54, 1.807) is 0 Å². The third-order valence-corrected chi connectivity index (χ3v) is 2.57. The largest absolute Gasteiger partial charge is 0.481 e. The standard InChI is InChI=1S/C13H26O3/c1-4-5-6-7-12(13(14)15)8-9-16-10-11(2)3/h11-12H,4-10H2,1-3H3,(H,14,15). The van der Waals surface area contributed by atoms with Crippen molar-refractivity contribution in [1.29, 1.82) is 0 Å². The Morgan fingerprint density at radius 2 is 1.94 bits per heavy atom. The normalized spacial score (nSPS) is 13.0. The molecule has 0 rings (SSSR count). The van der Waals surface area contributed by atoms with Crippen molar-refractivity contribution in [2.75, 3.05) is 13.2 Å². The molecule has 0 aromatic heterocycles. The average Bonchev–Trinajstić information content (AvgIpc) is 2.21. The van der Waals surface area contributed by atoms with E-state index in [9.17, 15) is 4.79 Å². The maximum absolute atomic E-state index is 11.0. The molecule has 0 radical (unpaired) electrons. The molecule has 0 aliphatic carbocycles. The molecule has 0 aromatic rings. The topological polar surface area (TPSA) is 46.5 Å². The van der Waals surface area contributed by atoms with Crippen LogP contribution >= 0.6 is 0 Å². The molecule has 0 fully saturated rings. The van der Waals surface area contributed by atoms with Gasteiger partial charge in [-0.25, -0.2) is 0 Å². The summed E-state index contributed by atoms with van der Waals surface area (Å²) < 4.78 is 5.42. The minimum Gasteiger partial charge on any atom is -0.481 e. The number of hydrogen-bond acceptors (Lipinski definition) is 2. The van der Waals surface area contributed by atoms with Crippen LogP contribution in [0.1, 0.15) is 52.9 Å². The van der Waals surface area contributed by atoms with Crippen LogP contribution in [-0.4, -0.2) is 24.3 Å². The van der Waals surface area contributed by atoms with E-state index in [1.807, 2.05) is 0 Å². The number of ether oxygens (including phenoxy) is 1. The monoisotopic (exact) mass is 230 g/mol. The average molecular weight is 230 g/mol. The Bertz CT molecular complexity index is 178. The number of carboxylic acids is 1. The highest BCUT2D eigenvalue weighted by atomic mass is 16.5. The molecule has 0 heterocycles. The van der Waals surface area contributed by atoms with Crippen molar-refractivity contribution in [2.24, 2.45) is 11.8 Å². The fourth-order valence-corrected chi connectivity index (χ4v) is 1.58. The van der Waals surface area contributed by atoms with Gasteiger partial charge in [-0.1, -0.05) is 40.0 Å². The first kappa shape index (κ1) is 15.4. The van der Waals surface area contributed by atoms with Crippen molar-refractivity contribution in [3.8, 4) is 0 Å². The van der Waals surface area contributed by atoms with Gasteiger partial charge in [0.15, 0.2) is 0 Å². The Hall–Kier alpha value is -0.570. The predicted molar refractivity (Wildman–Crippen MR) is 65.5 cm³/mol. The van der Waals surface area contributed by atoms with Crippen molar-refractivity contribution in [1.82, 2.24) is 0 Å². The first-order chi connectivity index (χ1) is 7.57. The lowest BCUT2D eigenvalue weighted by atomic mass is 9.98. The first-order valence-electron chi connectivity index (χ1n) is 6.38. The maximum Gasteiger partial charge on any atom is 0.306 e. The second-order valence-corrected chi connectivity index (χ2v) is 4.79. The Balaban J connectivity index is 3.64. The maximum atomic E-state index is 11.0. The zero-order chi connectivity index (χ0) is 12.4. The predicted octanol–water partition coefficient (Wildman–Crippen LogP) is 3.33. The van der Waals surface area contributed by atoms with Crippen LogP contribution in [0.15, 0.2) is 0 Å². The van der Waals surface area contributed by atoms with Crippen LogP contribution in [-0.2, 0) is 9.53 Å². The van der Waals surface area contributed by atoms with Gasteiger partial charge in [-0.05, 0) is 18.8 Å². The molecule has 0 saturated heterocycles. The quantitative estimate of drug-likeness (QED) is 0.585. The second-order valence-electron chi connectivity index (χ2n) is 4.79. The first-order valence-corrected chi connectivity index (χ1v) is 6.38. The Labute approximate surface area is 99.2 Å². The Morgan fingerprint density at radius 1 is 1.25 bits per heavy atom. The lowest BCUT2D eigenvalue weighted by Crippen LogP contribution is -2.17. The fraction of sp³-hybridized carbons (Fsp3) is 0.923. The number of hydrogen-bond donors (Lipinski definition) is 1. The van der Waals surface area contributed by atoms with Crippen molar-refractivity contribution in [3.05, 3.63) is 0 Å². The molecular formula is C13H26O3. The fourth-order valence-electron chi connectivity index (χ4n) is 1.58. The molecule has 0 bridgehead atoms. The summed E-state index contributed by atoms with van der Waals surface area (Å²) in [5.41, 5.74) is 0. The van der Waals surface area contributed by atoms with Crippen LogP contribution in [0.4, 0.5) is 0 Å². The van der Waals surface area contributed by atoms with Gasteiger partial charge in [0.2, 0.25) is 0 Å². The zero-order valence-corrected chi connectivity index (χ0v) is 10.9. The molecule has 1 unspecified atom stereocenters. The van der Waals surface area contributed by atoms with Gasteiger partial charge in [0, 0.05) is 13.2 Å². The summed E-state index contributed by atoms with van der Waals surface area (Å²) >= 11 is 0. The van der Waals surface area contributed by atoms with E-state index in [0.29, 0.717) is 18.9 Å². The van der Waals surface area contributed by atoms with Gasteiger partial charge < -0.3 is 9.84 Å². The molecule has 1 N–H and O–H groups in total. The van der Waals surface area contributed by atoms with Crippen LogP contribution < -0.4 is 0 Å². The molecule has 0 aromatic carbocycles. The molecule has 96 valence electrons. The van der Waals surface area contributed by atoms with Gasteiger partial charge in [0.25, 0.3) is 0 Å². The summed E-state index contributed by atoms with van der Waals surface area (Å²) in [5, 5.41) is 9.03. The molecule has 16 heavy (non-hydrogen) atoms. The van der Waals surface area contributed by atoms with E-state index in [-0.39, 0.29) is 5.92 Å². The number of carboxylic acid groups (broad SMARTS) is 1. The minimum absolute atomic E-state index is 0.223. The van der Waals surface area contributed by atoms with Crippen LogP contribution in [0.5, 0.6) is 0 Å². The van der Waals surface area contributed by atoms with E-state index < -0.39 is 5.97 Å². The van der Waals surface area contributed by atoms with Gasteiger partial charge in [-0.3, -0.25) is 4.79 Å². The van der Waals surface area contributed by atoms with E-state index in [4.69, 9.17) is 9.84 Å². The molecule has 0 amide bonds. The molecule has 0 aliphatic heterocycles. The molecule has 3 nitrogen and oxygen atoms in total. The second kappa shape index (κ2) is 9.64. The van der Waals surface area contributed by atoms with Gasteiger partial charge in [0.05, 0.1) is 5.92 Å². The SMILES string of the molecule is CCCCCC(CCOCC(C)C)C(=O)O. The van der Waals surface area contributed by atoms with Crippen LogP contribution in [0, 0.1) is 11.8 Å². The Morgan fingerprint density at radius 3 is 2.44 bits per heavy atom. The number of aliphatic carboxylic acids is 1. The lowest BCUT2D eigenvalue weighted by Gasteiger charge is -2.13. The van der Waals surface area contributed by atoms with Gasteiger partial charge in [-0.15, -0.1) is 0 Å².